The topological polar surface area (TPSA) is 79.1 Å². The van der Waals surface area contributed by atoms with Gasteiger partial charge < -0.3 is 9.64 Å². The number of para-hydroxylation sites is 2. The summed E-state index contributed by atoms with van der Waals surface area (Å²) in [4.78, 5) is 24.5. The van der Waals surface area contributed by atoms with Crippen LogP contribution in [0.15, 0.2) is 24.3 Å². The number of piperidine rings is 1. The number of nitriles is 1. The summed E-state index contributed by atoms with van der Waals surface area (Å²) in [6.45, 7) is 8.61. The lowest BCUT2D eigenvalue weighted by molar-refractivity contribution is -0.144. The number of aromatic nitrogens is 2. The van der Waals surface area contributed by atoms with Crippen molar-refractivity contribution in [3.05, 3.63) is 30.0 Å². The summed E-state index contributed by atoms with van der Waals surface area (Å²) in [7, 11) is 0. The summed E-state index contributed by atoms with van der Waals surface area (Å²) < 4.78 is 5.44. The van der Waals surface area contributed by atoms with Crippen molar-refractivity contribution in [3.8, 4) is 6.07 Å². The predicted octanol–water partition coefficient (Wildman–Crippen LogP) is 4.84. The van der Waals surface area contributed by atoms with Crippen LogP contribution in [0.3, 0.4) is 0 Å². The fourth-order valence-electron chi connectivity index (χ4n) is 4.28. The van der Waals surface area contributed by atoms with Gasteiger partial charge in [0.25, 0.3) is 0 Å². The number of ether oxygens (including phenoxy) is 1. The summed E-state index contributed by atoms with van der Waals surface area (Å²) in [6.07, 6.45) is 5.23. The van der Waals surface area contributed by atoms with E-state index >= 15 is 0 Å². The van der Waals surface area contributed by atoms with Crippen molar-refractivity contribution in [2.24, 2.45) is 11.8 Å². The van der Waals surface area contributed by atoms with Gasteiger partial charge in [0.2, 0.25) is 0 Å². The van der Waals surface area contributed by atoms with E-state index in [1.165, 1.54) is 0 Å². The highest BCUT2D eigenvalue weighted by Gasteiger charge is 2.32. The van der Waals surface area contributed by atoms with Crippen molar-refractivity contribution in [2.75, 3.05) is 24.6 Å². The van der Waals surface area contributed by atoms with E-state index in [-0.39, 0.29) is 0 Å². The molecule has 3 atom stereocenters. The Labute approximate surface area is 179 Å². The van der Waals surface area contributed by atoms with Crippen LogP contribution in [-0.4, -0.2) is 35.6 Å². The Hall–Kier alpha value is -2.68. The molecule has 0 spiro atoms. The van der Waals surface area contributed by atoms with Gasteiger partial charge in [-0.3, -0.25) is 4.79 Å². The average Bonchev–Trinajstić information content (AvgIpc) is 2.73. The van der Waals surface area contributed by atoms with E-state index in [1.807, 2.05) is 24.3 Å². The molecule has 1 aliphatic heterocycles. The second-order valence-corrected chi connectivity index (χ2v) is 8.56. The minimum Gasteiger partial charge on any atom is -0.464 e. The lowest BCUT2D eigenvalue weighted by Crippen LogP contribution is -2.40. The minimum atomic E-state index is -1.07. The zero-order chi connectivity index (χ0) is 21.5. The Morgan fingerprint density at radius 1 is 1.17 bits per heavy atom. The molecule has 6 heteroatoms. The van der Waals surface area contributed by atoms with Gasteiger partial charge in [-0.05, 0) is 36.8 Å². The number of fused-ring (bicyclic) bond motifs is 1. The van der Waals surface area contributed by atoms with Crippen LogP contribution in [0.2, 0.25) is 0 Å². The Morgan fingerprint density at radius 2 is 1.83 bits per heavy atom. The van der Waals surface area contributed by atoms with Crippen molar-refractivity contribution in [3.63, 3.8) is 0 Å². The molecular formula is C24H32N4O2. The van der Waals surface area contributed by atoms with E-state index in [0.29, 0.717) is 35.5 Å². The number of benzene rings is 1. The molecule has 0 unspecified atom stereocenters. The maximum atomic E-state index is 12.8. The molecule has 160 valence electrons. The van der Waals surface area contributed by atoms with Crippen molar-refractivity contribution in [1.29, 1.82) is 5.26 Å². The molecule has 0 bridgehead atoms. The average molecular weight is 409 g/mol. The SMILES string of the molecule is CCCCCCOC(=O)[C@@H](C#N)c1nc2ccccc2nc1N1C[C@@H](C)C[C@H](C)C1. The third-order valence-electron chi connectivity index (χ3n) is 5.63. The number of anilines is 1. The van der Waals surface area contributed by atoms with Crippen molar-refractivity contribution < 1.29 is 9.53 Å². The van der Waals surface area contributed by atoms with Gasteiger partial charge in [0, 0.05) is 13.1 Å². The number of hydrogen-bond acceptors (Lipinski definition) is 6. The maximum Gasteiger partial charge on any atom is 0.329 e. The van der Waals surface area contributed by atoms with Gasteiger partial charge in [0.15, 0.2) is 11.7 Å². The van der Waals surface area contributed by atoms with Gasteiger partial charge in [-0.2, -0.15) is 5.26 Å². The number of unbranched alkanes of at least 4 members (excludes halogenated alkanes) is 3. The van der Waals surface area contributed by atoms with Gasteiger partial charge in [0.05, 0.1) is 23.7 Å². The summed E-state index contributed by atoms with van der Waals surface area (Å²) in [5, 5.41) is 9.85. The summed E-state index contributed by atoms with van der Waals surface area (Å²) in [5.41, 5.74) is 1.87. The van der Waals surface area contributed by atoms with Crippen LogP contribution >= 0.6 is 0 Å². The number of rotatable bonds is 8. The van der Waals surface area contributed by atoms with E-state index < -0.39 is 11.9 Å². The van der Waals surface area contributed by atoms with Crippen LogP contribution < -0.4 is 4.90 Å². The maximum absolute atomic E-state index is 12.8. The fraction of sp³-hybridized carbons (Fsp3) is 0.583. The highest BCUT2D eigenvalue weighted by atomic mass is 16.5. The van der Waals surface area contributed by atoms with Crippen LogP contribution in [0.1, 0.15) is 64.5 Å². The largest absolute Gasteiger partial charge is 0.464 e. The van der Waals surface area contributed by atoms with Gasteiger partial charge in [-0.25, -0.2) is 9.97 Å². The first kappa shape index (κ1) is 22.0. The monoisotopic (exact) mass is 408 g/mol. The van der Waals surface area contributed by atoms with E-state index in [1.54, 1.807) is 0 Å². The van der Waals surface area contributed by atoms with Crippen LogP contribution in [0.4, 0.5) is 5.82 Å². The fourth-order valence-corrected chi connectivity index (χ4v) is 4.28. The standard InChI is InChI=1S/C24H32N4O2/c1-4-5-6-9-12-30-24(29)19(14-25)22-23(28-15-17(2)13-18(3)16-28)27-21-11-8-7-10-20(21)26-22/h7-8,10-11,17-19H,4-6,9,12-13,15-16H2,1-3H3/t17-,18-,19-/m0/s1. The van der Waals surface area contributed by atoms with Gasteiger partial charge >= 0.3 is 5.97 Å². The number of carbonyl (C=O) groups is 1. The summed E-state index contributed by atoms with van der Waals surface area (Å²) in [6, 6.07) is 9.73. The Balaban J connectivity index is 1.91. The molecule has 6 nitrogen and oxygen atoms in total. The first-order valence-electron chi connectivity index (χ1n) is 11.1. The molecule has 30 heavy (non-hydrogen) atoms. The summed E-state index contributed by atoms with van der Waals surface area (Å²) >= 11 is 0. The Kier molecular flexibility index (Phi) is 7.62. The van der Waals surface area contributed by atoms with Crippen molar-refractivity contribution in [1.82, 2.24) is 9.97 Å². The van der Waals surface area contributed by atoms with E-state index in [2.05, 4.69) is 31.7 Å². The number of nitrogens with zero attached hydrogens (tertiary/aromatic N) is 4. The molecule has 1 saturated heterocycles. The zero-order valence-electron chi connectivity index (χ0n) is 18.3. The zero-order valence-corrected chi connectivity index (χ0v) is 18.3. The second-order valence-electron chi connectivity index (χ2n) is 8.56. The molecule has 1 aliphatic rings. The van der Waals surface area contributed by atoms with Crippen LogP contribution in [0.25, 0.3) is 11.0 Å². The van der Waals surface area contributed by atoms with Crippen LogP contribution in [-0.2, 0) is 9.53 Å². The number of esters is 1. The van der Waals surface area contributed by atoms with Crippen molar-refractivity contribution >= 4 is 22.8 Å². The third-order valence-corrected chi connectivity index (χ3v) is 5.63. The molecule has 0 N–H and O–H groups in total. The van der Waals surface area contributed by atoms with Crippen LogP contribution in [0, 0.1) is 23.2 Å². The highest BCUT2D eigenvalue weighted by Crippen LogP contribution is 2.32. The molecular weight excluding hydrogens is 376 g/mol. The summed E-state index contributed by atoms with van der Waals surface area (Å²) in [5.74, 6) is 0.0668. The molecule has 0 saturated carbocycles. The lowest BCUT2D eigenvalue weighted by Gasteiger charge is -2.36. The molecule has 1 aromatic carbocycles. The third kappa shape index (κ3) is 5.27. The molecule has 0 amide bonds. The number of hydrogen-bond donors (Lipinski definition) is 0. The highest BCUT2D eigenvalue weighted by molar-refractivity contribution is 5.85. The van der Waals surface area contributed by atoms with E-state index in [0.717, 1.165) is 50.7 Å². The lowest BCUT2D eigenvalue weighted by atomic mass is 9.91. The van der Waals surface area contributed by atoms with E-state index in [4.69, 9.17) is 14.7 Å². The first-order chi connectivity index (χ1) is 14.5. The second kappa shape index (κ2) is 10.4. The molecule has 1 aromatic heterocycles. The van der Waals surface area contributed by atoms with Crippen molar-refractivity contribution in [2.45, 2.75) is 58.8 Å². The van der Waals surface area contributed by atoms with Gasteiger partial charge in [-0.15, -0.1) is 0 Å². The molecule has 0 aliphatic carbocycles. The van der Waals surface area contributed by atoms with E-state index in [9.17, 15) is 10.1 Å². The smallest absolute Gasteiger partial charge is 0.329 e. The first-order valence-corrected chi connectivity index (χ1v) is 11.1. The number of carbonyl (C=O) groups excluding carboxylic acids is 1. The van der Waals surface area contributed by atoms with Gasteiger partial charge in [0.1, 0.15) is 5.69 Å². The van der Waals surface area contributed by atoms with Crippen LogP contribution in [0.5, 0.6) is 0 Å². The normalized spacial score (nSPS) is 20.0. The molecule has 3 rings (SSSR count). The Morgan fingerprint density at radius 3 is 2.47 bits per heavy atom. The van der Waals surface area contributed by atoms with Gasteiger partial charge in [-0.1, -0.05) is 52.2 Å². The Bertz CT molecular complexity index is 898. The quantitative estimate of drug-likeness (QED) is 0.459. The molecule has 2 heterocycles. The molecule has 2 aromatic rings. The minimum absolute atomic E-state index is 0.338. The predicted molar refractivity (Wildman–Crippen MR) is 118 cm³/mol. The molecule has 0 radical (unpaired) electrons. The molecule has 1 fully saturated rings.